The van der Waals surface area contributed by atoms with Crippen LogP contribution in [0.3, 0.4) is 0 Å². The molecule has 0 saturated carbocycles. The van der Waals surface area contributed by atoms with Gasteiger partial charge in [0.05, 0.1) is 17.3 Å². The number of aryl methyl sites for hydroxylation is 1. The van der Waals surface area contributed by atoms with Gasteiger partial charge in [0.2, 0.25) is 5.95 Å². The molecule has 0 bridgehead atoms. The number of anilines is 5. The zero-order valence-electron chi connectivity index (χ0n) is 20.3. The third-order valence-corrected chi connectivity index (χ3v) is 7.96. The van der Waals surface area contributed by atoms with Gasteiger partial charge in [-0.2, -0.15) is 4.98 Å². The number of para-hydroxylation sites is 1. The van der Waals surface area contributed by atoms with Crippen LogP contribution in [0.15, 0.2) is 60.8 Å². The lowest BCUT2D eigenvalue weighted by Crippen LogP contribution is -2.35. The molecule has 0 radical (unpaired) electrons. The highest BCUT2D eigenvalue weighted by Crippen LogP contribution is 2.38. The maximum absolute atomic E-state index is 12.9. The Kier molecular flexibility index (Phi) is 6.26. The number of aliphatic hydroxyl groups excluding tert-OH is 1. The lowest BCUT2D eigenvalue weighted by molar-refractivity contribution is 0.145. The van der Waals surface area contributed by atoms with Crippen molar-refractivity contribution in [2.45, 2.75) is 18.9 Å². The first kappa shape index (κ1) is 23.4. The number of hydrogen-bond acceptors (Lipinski definition) is 7. The summed E-state index contributed by atoms with van der Waals surface area (Å²) in [4.78, 5) is 11.8. The maximum Gasteiger partial charge on any atom is 0.229 e. The molecule has 2 aromatic heterocycles. The van der Waals surface area contributed by atoms with Gasteiger partial charge in [-0.1, -0.05) is 12.1 Å². The highest BCUT2D eigenvalue weighted by molar-refractivity contribution is 7.70. The number of hydrogen-bond donors (Lipinski definition) is 3. The molecule has 4 aromatic rings. The summed E-state index contributed by atoms with van der Waals surface area (Å²) in [5, 5.41) is 17.3. The lowest BCUT2D eigenvalue weighted by atomic mass is 10.1. The Morgan fingerprint density at radius 3 is 2.40 bits per heavy atom. The Morgan fingerprint density at radius 1 is 0.971 bits per heavy atom. The fourth-order valence-corrected chi connectivity index (χ4v) is 5.68. The number of benzene rings is 2. The van der Waals surface area contributed by atoms with Gasteiger partial charge in [0, 0.05) is 43.0 Å². The minimum Gasteiger partial charge on any atom is -0.393 e. The molecular formula is C26H31N6O2P. The predicted molar refractivity (Wildman–Crippen MR) is 145 cm³/mol. The first-order chi connectivity index (χ1) is 16.8. The molecule has 0 unspecified atom stereocenters. The molecule has 0 spiro atoms. The molecule has 1 aliphatic rings. The van der Waals surface area contributed by atoms with Crippen LogP contribution >= 0.6 is 7.14 Å². The van der Waals surface area contributed by atoms with Crippen molar-refractivity contribution >= 4 is 52.3 Å². The molecule has 5 rings (SSSR count). The topological polar surface area (TPSA) is 95.3 Å². The van der Waals surface area contributed by atoms with Gasteiger partial charge in [-0.05, 0) is 68.6 Å². The van der Waals surface area contributed by atoms with Gasteiger partial charge in [0.25, 0.3) is 0 Å². The Bertz CT molecular complexity index is 1390. The van der Waals surface area contributed by atoms with E-state index in [9.17, 15) is 9.67 Å². The zero-order valence-corrected chi connectivity index (χ0v) is 21.2. The van der Waals surface area contributed by atoms with Crippen molar-refractivity contribution in [3.63, 3.8) is 0 Å². The lowest BCUT2D eigenvalue weighted by Gasteiger charge is -2.31. The molecule has 182 valence electrons. The van der Waals surface area contributed by atoms with Crippen molar-refractivity contribution in [3.05, 3.63) is 60.8 Å². The van der Waals surface area contributed by atoms with Crippen LogP contribution in [-0.2, 0) is 11.6 Å². The van der Waals surface area contributed by atoms with Crippen LogP contribution in [0.5, 0.6) is 0 Å². The van der Waals surface area contributed by atoms with Crippen LogP contribution < -0.4 is 20.8 Å². The van der Waals surface area contributed by atoms with Gasteiger partial charge in [-0.15, -0.1) is 0 Å². The van der Waals surface area contributed by atoms with E-state index in [4.69, 9.17) is 9.97 Å². The minimum atomic E-state index is -2.48. The second kappa shape index (κ2) is 9.36. The van der Waals surface area contributed by atoms with E-state index in [1.807, 2.05) is 60.3 Å². The van der Waals surface area contributed by atoms with Crippen molar-refractivity contribution in [1.29, 1.82) is 0 Å². The van der Waals surface area contributed by atoms with Crippen molar-refractivity contribution in [2.24, 2.45) is 7.05 Å². The van der Waals surface area contributed by atoms with Gasteiger partial charge in [0.1, 0.15) is 12.7 Å². The fraction of sp³-hybridized carbons (Fsp3) is 0.308. The van der Waals surface area contributed by atoms with E-state index < -0.39 is 7.14 Å². The highest BCUT2D eigenvalue weighted by Gasteiger charge is 2.19. The monoisotopic (exact) mass is 490 g/mol. The van der Waals surface area contributed by atoms with E-state index >= 15 is 0 Å². The third kappa shape index (κ3) is 5.04. The molecule has 35 heavy (non-hydrogen) atoms. The first-order valence-corrected chi connectivity index (χ1v) is 14.4. The van der Waals surface area contributed by atoms with Gasteiger partial charge in [0.15, 0.2) is 5.82 Å². The fourth-order valence-electron chi connectivity index (χ4n) is 4.52. The Hall–Kier alpha value is -3.35. The minimum absolute atomic E-state index is 0.186. The molecule has 1 saturated heterocycles. The van der Waals surface area contributed by atoms with Crippen molar-refractivity contribution in [3.8, 4) is 0 Å². The average molecular weight is 491 g/mol. The van der Waals surface area contributed by atoms with E-state index in [0.717, 1.165) is 59.3 Å². The second-order valence-electron chi connectivity index (χ2n) is 9.44. The van der Waals surface area contributed by atoms with E-state index in [2.05, 4.69) is 27.7 Å². The predicted octanol–water partition coefficient (Wildman–Crippen LogP) is 4.66. The van der Waals surface area contributed by atoms with E-state index in [1.54, 1.807) is 13.3 Å². The molecule has 1 fully saturated rings. The Labute approximate surface area is 205 Å². The standard InChI is InChI=1S/C26H31N6O2P/c1-31-15-14-22-24(31)25(28-21-6-4-5-7-23(21)35(2,3)34)30-26(29-22)27-18-8-10-19(11-9-18)32-16-12-20(33)13-17-32/h4-11,14-15,20,33H,12-13,16-17H2,1-3H3,(H2,27,28,29,30). The molecule has 2 aromatic carbocycles. The summed E-state index contributed by atoms with van der Waals surface area (Å²) < 4.78 is 14.8. The molecule has 3 heterocycles. The summed E-state index contributed by atoms with van der Waals surface area (Å²) in [5.41, 5.74) is 4.49. The molecular weight excluding hydrogens is 459 g/mol. The van der Waals surface area contributed by atoms with Crippen molar-refractivity contribution in [1.82, 2.24) is 14.5 Å². The molecule has 0 aliphatic carbocycles. The number of aliphatic hydroxyl groups is 1. The third-order valence-electron chi connectivity index (χ3n) is 6.41. The number of nitrogens with zero attached hydrogens (tertiary/aromatic N) is 4. The number of rotatable bonds is 6. The summed E-state index contributed by atoms with van der Waals surface area (Å²) in [6, 6.07) is 17.8. The quantitative estimate of drug-likeness (QED) is 0.338. The zero-order chi connectivity index (χ0) is 24.6. The van der Waals surface area contributed by atoms with E-state index in [-0.39, 0.29) is 6.10 Å². The summed E-state index contributed by atoms with van der Waals surface area (Å²) >= 11 is 0. The van der Waals surface area contributed by atoms with Gasteiger partial charge in [-0.3, -0.25) is 0 Å². The average Bonchev–Trinajstić information content (AvgIpc) is 3.20. The summed E-state index contributed by atoms with van der Waals surface area (Å²) in [6.45, 7) is 5.27. The number of aromatic nitrogens is 3. The van der Waals surface area contributed by atoms with Crippen molar-refractivity contribution < 1.29 is 9.67 Å². The molecule has 1 aliphatic heterocycles. The van der Waals surface area contributed by atoms with Crippen LogP contribution in [0.25, 0.3) is 11.0 Å². The van der Waals surface area contributed by atoms with Crippen LogP contribution in [0, 0.1) is 0 Å². The second-order valence-corrected chi connectivity index (χ2v) is 12.6. The summed E-state index contributed by atoms with van der Waals surface area (Å²) in [6.07, 6.45) is 3.37. The normalized spacial score (nSPS) is 14.9. The molecule has 9 heteroatoms. The van der Waals surface area contributed by atoms with Gasteiger partial charge in [-0.25, -0.2) is 4.98 Å². The van der Waals surface area contributed by atoms with Gasteiger partial charge < -0.3 is 29.8 Å². The molecule has 0 amide bonds. The van der Waals surface area contributed by atoms with E-state index in [1.165, 1.54) is 0 Å². The van der Waals surface area contributed by atoms with Crippen LogP contribution in [0.2, 0.25) is 0 Å². The highest BCUT2D eigenvalue weighted by atomic mass is 31.2. The summed E-state index contributed by atoms with van der Waals surface area (Å²) in [7, 11) is -0.526. The maximum atomic E-state index is 12.9. The van der Waals surface area contributed by atoms with Crippen LogP contribution in [0.4, 0.5) is 28.8 Å². The SMILES string of the molecule is Cn1ccc2nc(Nc3ccc(N4CCC(O)CC4)cc3)nc(Nc3ccccc3P(C)(C)=O)c21. The van der Waals surface area contributed by atoms with Crippen LogP contribution in [0.1, 0.15) is 12.8 Å². The smallest absolute Gasteiger partial charge is 0.229 e. The number of piperidine rings is 1. The van der Waals surface area contributed by atoms with Gasteiger partial charge >= 0.3 is 0 Å². The number of nitrogens with one attached hydrogen (secondary N) is 2. The first-order valence-electron chi connectivity index (χ1n) is 11.8. The van der Waals surface area contributed by atoms with Crippen LogP contribution in [-0.4, -0.2) is 52.2 Å². The summed E-state index contributed by atoms with van der Waals surface area (Å²) in [5.74, 6) is 1.13. The molecule has 8 nitrogen and oxygen atoms in total. The largest absolute Gasteiger partial charge is 0.393 e. The molecule has 3 N–H and O–H groups in total. The van der Waals surface area contributed by atoms with E-state index in [0.29, 0.717) is 11.8 Å². The Balaban J connectivity index is 1.43. The molecule has 0 atom stereocenters. The number of fused-ring (bicyclic) bond motifs is 1. The van der Waals surface area contributed by atoms with Crippen molar-refractivity contribution in [2.75, 3.05) is 42.0 Å². The Morgan fingerprint density at radius 2 is 1.69 bits per heavy atom.